The lowest BCUT2D eigenvalue weighted by molar-refractivity contribution is 0.102. The molecule has 0 aliphatic carbocycles. The first-order chi connectivity index (χ1) is 15.6. The minimum absolute atomic E-state index is 0.164. The first-order valence-electron chi connectivity index (χ1n) is 10.0. The van der Waals surface area contributed by atoms with E-state index in [1.807, 2.05) is 48.5 Å². The van der Waals surface area contributed by atoms with Crippen LogP contribution in [-0.4, -0.2) is 20.7 Å². The predicted octanol–water partition coefficient (Wildman–Crippen LogP) is 4.60. The highest BCUT2D eigenvalue weighted by atomic mass is 16.3. The summed E-state index contributed by atoms with van der Waals surface area (Å²) in [5.41, 5.74) is 2.85. The van der Waals surface area contributed by atoms with Crippen molar-refractivity contribution in [3.05, 3.63) is 107 Å². The summed E-state index contributed by atoms with van der Waals surface area (Å²) < 4.78 is 7.73. The number of carbonyl (C=O) groups excluding carboxylic acids is 1. The molecule has 156 valence electrons. The molecule has 0 aliphatic rings. The molecule has 32 heavy (non-hydrogen) atoms. The Morgan fingerprint density at radius 2 is 1.75 bits per heavy atom. The van der Waals surface area contributed by atoms with Crippen LogP contribution in [0.5, 0.6) is 0 Å². The summed E-state index contributed by atoms with van der Waals surface area (Å²) in [6.45, 7) is 1.73. The molecule has 2 aromatic heterocycles. The van der Waals surface area contributed by atoms with Crippen molar-refractivity contribution in [2.75, 3.05) is 5.32 Å². The van der Waals surface area contributed by atoms with Gasteiger partial charge in [-0.1, -0.05) is 48.5 Å². The van der Waals surface area contributed by atoms with Crippen LogP contribution in [0.25, 0.3) is 28.0 Å². The zero-order valence-electron chi connectivity index (χ0n) is 17.1. The largest absolute Gasteiger partial charge is 0.455 e. The molecule has 1 amide bonds. The van der Waals surface area contributed by atoms with Gasteiger partial charge in [0.15, 0.2) is 11.0 Å². The third kappa shape index (κ3) is 3.35. The third-order valence-corrected chi connectivity index (χ3v) is 5.24. The first-order valence-corrected chi connectivity index (χ1v) is 10.0. The molecule has 0 saturated carbocycles. The van der Waals surface area contributed by atoms with Gasteiger partial charge in [-0.05, 0) is 31.2 Å². The second-order valence-corrected chi connectivity index (χ2v) is 7.24. The fourth-order valence-electron chi connectivity index (χ4n) is 3.65. The van der Waals surface area contributed by atoms with Gasteiger partial charge < -0.3 is 9.73 Å². The summed E-state index contributed by atoms with van der Waals surface area (Å²) >= 11 is 0. The lowest BCUT2D eigenvalue weighted by Gasteiger charge is -2.13. The van der Waals surface area contributed by atoms with Gasteiger partial charge in [0, 0.05) is 11.1 Å². The molecule has 1 N–H and O–H groups in total. The normalized spacial score (nSPS) is 10.9. The number of para-hydroxylation sites is 3. The molecule has 0 unspecified atom stereocenters. The Morgan fingerprint density at radius 1 is 0.969 bits per heavy atom. The Kier molecular flexibility index (Phi) is 4.84. The molecule has 0 saturated heterocycles. The molecular weight excluding hydrogens is 404 g/mol. The van der Waals surface area contributed by atoms with Gasteiger partial charge in [0.05, 0.1) is 22.3 Å². The number of aromatic nitrogens is 3. The van der Waals surface area contributed by atoms with Crippen molar-refractivity contribution in [2.45, 2.75) is 6.92 Å². The van der Waals surface area contributed by atoms with E-state index in [1.54, 1.807) is 42.2 Å². The topological polar surface area (TPSA) is 90.0 Å². The monoisotopic (exact) mass is 422 g/mol. The predicted molar refractivity (Wildman–Crippen MR) is 122 cm³/mol. The van der Waals surface area contributed by atoms with E-state index in [-0.39, 0.29) is 16.6 Å². The maximum Gasteiger partial charge on any atom is 0.259 e. The summed E-state index contributed by atoms with van der Waals surface area (Å²) in [5.74, 6) is 0.0561. The first kappa shape index (κ1) is 19.4. The number of amides is 1. The molecule has 2 heterocycles. The van der Waals surface area contributed by atoms with Crippen LogP contribution in [0.1, 0.15) is 15.9 Å². The molecule has 5 rings (SSSR count). The third-order valence-electron chi connectivity index (χ3n) is 5.24. The standard InChI is InChI=1S/C25H18N4O3/c1-16-22(30)18-10-7-11-19(24(18)32-23(16)17-8-3-2-4-9-17)25(31)28-20-12-5-6-13-21(20)29-15-26-14-27-29/h2-15H,1H3,(H,28,31). The van der Waals surface area contributed by atoms with Gasteiger partial charge in [-0.3, -0.25) is 9.59 Å². The fraction of sp³-hybridized carbons (Fsp3) is 0.0400. The molecule has 0 bridgehead atoms. The lowest BCUT2D eigenvalue weighted by atomic mass is 10.0. The Labute approximate surface area is 183 Å². The molecule has 7 nitrogen and oxygen atoms in total. The Morgan fingerprint density at radius 3 is 2.53 bits per heavy atom. The summed E-state index contributed by atoms with van der Waals surface area (Å²) in [6.07, 6.45) is 2.97. The average Bonchev–Trinajstić information content (AvgIpc) is 3.37. The van der Waals surface area contributed by atoms with Crippen molar-refractivity contribution in [3.63, 3.8) is 0 Å². The molecule has 5 aromatic rings. The number of benzene rings is 3. The van der Waals surface area contributed by atoms with E-state index in [9.17, 15) is 9.59 Å². The summed E-state index contributed by atoms with van der Waals surface area (Å²) in [7, 11) is 0. The van der Waals surface area contributed by atoms with E-state index in [0.717, 1.165) is 5.56 Å². The quantitative estimate of drug-likeness (QED) is 0.457. The summed E-state index contributed by atoms with van der Waals surface area (Å²) in [4.78, 5) is 30.3. The minimum atomic E-state index is -0.394. The zero-order chi connectivity index (χ0) is 22.1. The van der Waals surface area contributed by atoms with Gasteiger partial charge in [-0.25, -0.2) is 9.67 Å². The zero-order valence-corrected chi connectivity index (χ0v) is 17.1. The van der Waals surface area contributed by atoms with Gasteiger partial charge in [0.25, 0.3) is 5.91 Å². The second kappa shape index (κ2) is 7.96. The van der Waals surface area contributed by atoms with Crippen molar-refractivity contribution in [1.82, 2.24) is 14.8 Å². The Bertz CT molecular complexity index is 1490. The maximum absolute atomic E-state index is 13.3. The fourth-order valence-corrected chi connectivity index (χ4v) is 3.65. The van der Waals surface area contributed by atoms with Crippen molar-refractivity contribution in [3.8, 4) is 17.0 Å². The van der Waals surface area contributed by atoms with Gasteiger partial charge in [-0.15, -0.1) is 0 Å². The van der Waals surface area contributed by atoms with Crippen LogP contribution in [0.4, 0.5) is 5.69 Å². The molecular formula is C25H18N4O3. The Hall–Kier alpha value is -4.52. The van der Waals surface area contributed by atoms with E-state index in [1.165, 1.54) is 6.33 Å². The van der Waals surface area contributed by atoms with Crippen LogP contribution in [0.2, 0.25) is 0 Å². The van der Waals surface area contributed by atoms with Crippen LogP contribution >= 0.6 is 0 Å². The van der Waals surface area contributed by atoms with Crippen LogP contribution in [0.15, 0.2) is 94.7 Å². The van der Waals surface area contributed by atoms with E-state index in [0.29, 0.717) is 28.1 Å². The van der Waals surface area contributed by atoms with Crippen molar-refractivity contribution in [2.24, 2.45) is 0 Å². The van der Waals surface area contributed by atoms with Gasteiger partial charge in [0.1, 0.15) is 18.4 Å². The summed E-state index contributed by atoms with van der Waals surface area (Å²) in [6, 6.07) is 21.6. The van der Waals surface area contributed by atoms with Crippen molar-refractivity contribution < 1.29 is 9.21 Å². The molecule has 0 fully saturated rings. The van der Waals surface area contributed by atoms with Crippen LogP contribution in [0, 0.1) is 6.92 Å². The van der Waals surface area contributed by atoms with Crippen LogP contribution in [-0.2, 0) is 0 Å². The molecule has 0 spiro atoms. The van der Waals surface area contributed by atoms with Crippen LogP contribution < -0.4 is 10.7 Å². The highest BCUT2D eigenvalue weighted by Crippen LogP contribution is 2.28. The van der Waals surface area contributed by atoms with E-state index < -0.39 is 5.91 Å². The number of hydrogen-bond donors (Lipinski definition) is 1. The number of nitrogens with one attached hydrogen (secondary N) is 1. The van der Waals surface area contributed by atoms with Crippen molar-refractivity contribution >= 4 is 22.6 Å². The van der Waals surface area contributed by atoms with E-state index >= 15 is 0 Å². The van der Waals surface area contributed by atoms with Gasteiger partial charge in [-0.2, -0.15) is 5.10 Å². The molecule has 0 radical (unpaired) electrons. The Balaban J connectivity index is 1.62. The number of fused-ring (bicyclic) bond motifs is 1. The highest BCUT2D eigenvalue weighted by Gasteiger charge is 2.19. The van der Waals surface area contributed by atoms with Gasteiger partial charge in [0.2, 0.25) is 0 Å². The minimum Gasteiger partial charge on any atom is -0.455 e. The number of nitrogens with zero attached hydrogens (tertiary/aromatic N) is 3. The maximum atomic E-state index is 13.3. The van der Waals surface area contributed by atoms with E-state index in [2.05, 4.69) is 15.4 Å². The number of anilines is 1. The number of hydrogen-bond acceptors (Lipinski definition) is 5. The highest BCUT2D eigenvalue weighted by molar-refractivity contribution is 6.12. The SMILES string of the molecule is Cc1c(-c2ccccc2)oc2c(C(=O)Nc3ccccc3-n3cncn3)cccc2c1=O. The van der Waals surface area contributed by atoms with Gasteiger partial charge >= 0.3 is 0 Å². The van der Waals surface area contributed by atoms with Crippen LogP contribution in [0.3, 0.4) is 0 Å². The summed E-state index contributed by atoms with van der Waals surface area (Å²) in [5, 5.41) is 7.41. The molecule has 0 atom stereocenters. The molecule has 0 aliphatic heterocycles. The van der Waals surface area contributed by atoms with E-state index in [4.69, 9.17) is 4.42 Å². The van der Waals surface area contributed by atoms with Crippen molar-refractivity contribution in [1.29, 1.82) is 0 Å². The number of carbonyl (C=O) groups is 1. The lowest BCUT2D eigenvalue weighted by Crippen LogP contribution is -2.16. The average molecular weight is 422 g/mol. The second-order valence-electron chi connectivity index (χ2n) is 7.24. The molecule has 3 aromatic carbocycles. The number of rotatable bonds is 4. The smallest absolute Gasteiger partial charge is 0.259 e. The molecule has 7 heteroatoms.